The number of benzene rings is 1. The van der Waals surface area contributed by atoms with E-state index in [1.807, 2.05) is 24.3 Å². The summed E-state index contributed by atoms with van der Waals surface area (Å²) in [5.41, 5.74) is 1.94. The largest absolute Gasteiger partial charge is 0.381 e. The maximum atomic E-state index is 12.8. The van der Waals surface area contributed by atoms with Crippen LogP contribution in [0, 0.1) is 0 Å². The van der Waals surface area contributed by atoms with Gasteiger partial charge in [0.25, 0.3) is 0 Å². The Balaban J connectivity index is 1.36. The highest BCUT2D eigenvalue weighted by Gasteiger charge is 2.35. The SMILES string of the molecule is O=S(=O)(C1CCOCC1)N1CCC(Nc2nc3ccccc3[nH]2)CC1. The minimum atomic E-state index is -3.20. The highest BCUT2D eigenvalue weighted by Crippen LogP contribution is 2.24. The molecule has 0 saturated carbocycles. The molecule has 1 aromatic carbocycles. The van der Waals surface area contributed by atoms with Gasteiger partial charge in [-0.15, -0.1) is 0 Å². The molecule has 0 spiro atoms. The Labute approximate surface area is 147 Å². The number of rotatable bonds is 4. The number of fused-ring (bicyclic) bond motifs is 1. The number of aromatic amines is 1. The number of aromatic nitrogens is 2. The van der Waals surface area contributed by atoms with Crippen molar-refractivity contribution in [1.82, 2.24) is 14.3 Å². The zero-order chi connectivity index (χ0) is 17.3. The summed E-state index contributed by atoms with van der Waals surface area (Å²) in [4.78, 5) is 7.80. The second kappa shape index (κ2) is 6.93. The molecule has 3 heterocycles. The van der Waals surface area contributed by atoms with Crippen LogP contribution in [0.5, 0.6) is 0 Å². The van der Waals surface area contributed by atoms with Gasteiger partial charge in [-0.1, -0.05) is 12.1 Å². The van der Waals surface area contributed by atoms with Gasteiger partial charge in [0.1, 0.15) is 0 Å². The molecule has 2 aliphatic rings. The predicted octanol–water partition coefficient (Wildman–Crippen LogP) is 1.95. The van der Waals surface area contributed by atoms with Crippen molar-refractivity contribution in [2.45, 2.75) is 37.0 Å². The molecule has 8 heteroatoms. The van der Waals surface area contributed by atoms with E-state index in [9.17, 15) is 8.42 Å². The fourth-order valence-electron chi connectivity index (χ4n) is 3.65. The Kier molecular flexibility index (Phi) is 4.66. The third-order valence-corrected chi connectivity index (χ3v) is 7.53. The third kappa shape index (κ3) is 3.51. The van der Waals surface area contributed by atoms with Crippen molar-refractivity contribution < 1.29 is 13.2 Å². The van der Waals surface area contributed by atoms with Gasteiger partial charge in [-0.2, -0.15) is 0 Å². The Morgan fingerprint density at radius 2 is 1.84 bits per heavy atom. The lowest BCUT2D eigenvalue weighted by Crippen LogP contribution is -2.47. The third-order valence-electron chi connectivity index (χ3n) is 5.13. The zero-order valence-corrected chi connectivity index (χ0v) is 15.0. The predicted molar refractivity (Wildman–Crippen MR) is 97.1 cm³/mol. The molecule has 0 radical (unpaired) electrons. The van der Waals surface area contributed by atoms with Crippen LogP contribution in [0.1, 0.15) is 25.7 Å². The lowest BCUT2D eigenvalue weighted by atomic mass is 10.1. The molecule has 2 N–H and O–H groups in total. The summed E-state index contributed by atoms with van der Waals surface area (Å²) in [5.74, 6) is 0.756. The summed E-state index contributed by atoms with van der Waals surface area (Å²) in [6.07, 6.45) is 2.80. The number of nitrogens with zero attached hydrogens (tertiary/aromatic N) is 2. The lowest BCUT2D eigenvalue weighted by molar-refractivity contribution is 0.0969. The van der Waals surface area contributed by atoms with Crippen LogP contribution in [0.25, 0.3) is 11.0 Å². The maximum absolute atomic E-state index is 12.8. The van der Waals surface area contributed by atoms with Gasteiger partial charge in [0.2, 0.25) is 16.0 Å². The van der Waals surface area contributed by atoms with Crippen molar-refractivity contribution in [1.29, 1.82) is 0 Å². The van der Waals surface area contributed by atoms with Gasteiger partial charge >= 0.3 is 0 Å². The molecule has 2 aromatic rings. The van der Waals surface area contributed by atoms with E-state index >= 15 is 0 Å². The second-order valence-electron chi connectivity index (χ2n) is 6.78. The minimum absolute atomic E-state index is 0.238. The number of piperidine rings is 1. The number of H-pyrrole nitrogens is 1. The molecule has 2 fully saturated rings. The number of hydrogen-bond acceptors (Lipinski definition) is 5. The molecule has 1 aromatic heterocycles. The molecule has 0 unspecified atom stereocenters. The number of hydrogen-bond donors (Lipinski definition) is 2. The van der Waals surface area contributed by atoms with Gasteiger partial charge < -0.3 is 15.0 Å². The van der Waals surface area contributed by atoms with Crippen LogP contribution in [0.4, 0.5) is 5.95 Å². The van der Waals surface area contributed by atoms with E-state index in [4.69, 9.17) is 4.74 Å². The minimum Gasteiger partial charge on any atom is -0.381 e. The van der Waals surface area contributed by atoms with E-state index in [-0.39, 0.29) is 11.3 Å². The first-order valence-corrected chi connectivity index (χ1v) is 10.4. The fourth-order valence-corrected chi connectivity index (χ4v) is 5.58. The van der Waals surface area contributed by atoms with Crippen molar-refractivity contribution in [2.75, 3.05) is 31.6 Å². The van der Waals surface area contributed by atoms with Crippen LogP contribution in [0.2, 0.25) is 0 Å². The molecule has 136 valence electrons. The number of anilines is 1. The van der Waals surface area contributed by atoms with E-state index < -0.39 is 10.0 Å². The van der Waals surface area contributed by atoms with Crippen LogP contribution in [0.3, 0.4) is 0 Å². The molecule has 25 heavy (non-hydrogen) atoms. The Hall–Kier alpha value is -1.64. The first-order chi connectivity index (χ1) is 12.1. The quantitative estimate of drug-likeness (QED) is 0.866. The van der Waals surface area contributed by atoms with Crippen molar-refractivity contribution in [3.05, 3.63) is 24.3 Å². The number of para-hydroxylation sites is 2. The average Bonchev–Trinajstić information content (AvgIpc) is 3.05. The Bertz CT molecular complexity index is 788. The smallest absolute Gasteiger partial charge is 0.217 e. The zero-order valence-electron chi connectivity index (χ0n) is 14.1. The van der Waals surface area contributed by atoms with Crippen LogP contribution >= 0.6 is 0 Å². The number of nitrogens with one attached hydrogen (secondary N) is 2. The lowest BCUT2D eigenvalue weighted by Gasteiger charge is -2.35. The second-order valence-corrected chi connectivity index (χ2v) is 8.99. The summed E-state index contributed by atoms with van der Waals surface area (Å²) in [6.45, 7) is 2.23. The summed E-state index contributed by atoms with van der Waals surface area (Å²) < 4.78 is 32.5. The van der Waals surface area contributed by atoms with E-state index in [2.05, 4.69) is 15.3 Å². The topological polar surface area (TPSA) is 87.3 Å². The van der Waals surface area contributed by atoms with Gasteiger partial charge in [0.15, 0.2) is 0 Å². The van der Waals surface area contributed by atoms with E-state index in [1.54, 1.807) is 4.31 Å². The summed E-state index contributed by atoms with van der Waals surface area (Å²) >= 11 is 0. The maximum Gasteiger partial charge on any atom is 0.217 e. The Morgan fingerprint density at radius 3 is 2.56 bits per heavy atom. The highest BCUT2D eigenvalue weighted by atomic mass is 32.2. The standard InChI is InChI=1S/C17H24N4O3S/c22-25(23,14-7-11-24-12-8-14)21-9-5-13(6-10-21)18-17-19-15-3-1-2-4-16(15)20-17/h1-4,13-14H,5-12H2,(H2,18,19,20). The van der Waals surface area contributed by atoms with Crippen molar-refractivity contribution >= 4 is 27.0 Å². The van der Waals surface area contributed by atoms with Gasteiger partial charge in [-0.05, 0) is 37.8 Å². The fraction of sp³-hybridized carbons (Fsp3) is 0.588. The number of sulfonamides is 1. The van der Waals surface area contributed by atoms with E-state index in [0.29, 0.717) is 39.1 Å². The van der Waals surface area contributed by atoms with Crippen LogP contribution in [-0.4, -0.2) is 60.3 Å². The van der Waals surface area contributed by atoms with Crippen molar-refractivity contribution in [2.24, 2.45) is 0 Å². The Morgan fingerprint density at radius 1 is 1.12 bits per heavy atom. The van der Waals surface area contributed by atoms with E-state index in [1.165, 1.54) is 0 Å². The van der Waals surface area contributed by atoms with Crippen molar-refractivity contribution in [3.63, 3.8) is 0 Å². The highest BCUT2D eigenvalue weighted by molar-refractivity contribution is 7.89. The number of ether oxygens (including phenoxy) is 1. The van der Waals surface area contributed by atoms with Gasteiger partial charge in [0, 0.05) is 32.3 Å². The summed E-state index contributed by atoms with van der Waals surface area (Å²) in [5, 5.41) is 3.14. The molecular formula is C17H24N4O3S. The first kappa shape index (κ1) is 16.8. The monoisotopic (exact) mass is 364 g/mol. The van der Waals surface area contributed by atoms with Crippen LogP contribution < -0.4 is 5.32 Å². The molecule has 0 bridgehead atoms. The van der Waals surface area contributed by atoms with Gasteiger partial charge in [-0.25, -0.2) is 17.7 Å². The summed E-state index contributed by atoms with van der Waals surface area (Å²) in [7, 11) is -3.20. The molecule has 2 aliphatic heterocycles. The molecule has 7 nitrogen and oxygen atoms in total. The van der Waals surface area contributed by atoms with Gasteiger partial charge in [0.05, 0.1) is 16.3 Å². The molecule has 0 atom stereocenters. The molecule has 0 amide bonds. The van der Waals surface area contributed by atoms with Crippen LogP contribution in [-0.2, 0) is 14.8 Å². The van der Waals surface area contributed by atoms with E-state index in [0.717, 1.165) is 29.8 Å². The normalized spacial score (nSPS) is 21.6. The molecule has 2 saturated heterocycles. The average molecular weight is 364 g/mol. The van der Waals surface area contributed by atoms with Gasteiger partial charge in [-0.3, -0.25) is 0 Å². The van der Waals surface area contributed by atoms with Crippen molar-refractivity contribution in [3.8, 4) is 0 Å². The van der Waals surface area contributed by atoms with Crippen LogP contribution in [0.15, 0.2) is 24.3 Å². The molecular weight excluding hydrogens is 340 g/mol. The first-order valence-electron chi connectivity index (χ1n) is 8.91. The molecule has 4 rings (SSSR count). The molecule has 0 aliphatic carbocycles. The number of imidazole rings is 1. The summed E-state index contributed by atoms with van der Waals surface area (Å²) in [6, 6.07) is 8.15.